The van der Waals surface area contributed by atoms with Gasteiger partial charge in [0.25, 0.3) is 0 Å². The van der Waals surface area contributed by atoms with Gasteiger partial charge in [-0.15, -0.1) is 0 Å². The molecule has 23 heavy (non-hydrogen) atoms. The Kier molecular flexibility index (Phi) is 6.44. The van der Waals surface area contributed by atoms with E-state index in [1.807, 2.05) is 30.3 Å². The van der Waals surface area contributed by atoms with Crippen LogP contribution >= 0.6 is 15.9 Å². The lowest BCUT2D eigenvalue weighted by Gasteiger charge is -2.12. The molecule has 2 aromatic rings. The van der Waals surface area contributed by atoms with E-state index in [0.717, 1.165) is 0 Å². The molecule has 2 aromatic carbocycles. The first-order valence-corrected chi connectivity index (χ1v) is 9.40. The largest absolute Gasteiger partial charge is 0.492 e. The lowest BCUT2D eigenvalue weighted by molar-refractivity contribution is 0.321. The molecule has 0 amide bonds. The first-order chi connectivity index (χ1) is 11.0. The maximum absolute atomic E-state index is 12.4. The molecule has 0 fully saturated rings. The first kappa shape index (κ1) is 17.8. The number of benzene rings is 2. The van der Waals surface area contributed by atoms with Gasteiger partial charge in [-0.05, 0) is 37.3 Å². The van der Waals surface area contributed by atoms with Gasteiger partial charge in [-0.2, -0.15) is 0 Å². The zero-order valence-electron chi connectivity index (χ0n) is 12.7. The number of hydrogen-bond donors (Lipinski definition) is 1. The van der Waals surface area contributed by atoms with E-state index in [2.05, 4.69) is 20.7 Å². The number of sulfonamides is 1. The predicted molar refractivity (Wildman–Crippen MR) is 92.4 cm³/mol. The average molecular weight is 400 g/mol. The summed E-state index contributed by atoms with van der Waals surface area (Å²) in [5, 5.41) is 0. The van der Waals surface area contributed by atoms with Gasteiger partial charge in [-0.25, -0.2) is 13.1 Å². The van der Waals surface area contributed by atoms with Crippen molar-refractivity contribution in [2.24, 2.45) is 0 Å². The van der Waals surface area contributed by atoms with Gasteiger partial charge < -0.3 is 9.47 Å². The highest BCUT2D eigenvalue weighted by Crippen LogP contribution is 2.27. The Bertz CT molecular complexity index is 735. The number of hydrogen-bond acceptors (Lipinski definition) is 4. The normalized spacial score (nSPS) is 11.2. The molecule has 0 spiro atoms. The summed E-state index contributed by atoms with van der Waals surface area (Å²) >= 11 is 3.28. The van der Waals surface area contributed by atoms with Crippen molar-refractivity contribution in [3.8, 4) is 11.5 Å². The Labute approximate surface area is 144 Å². The second kappa shape index (κ2) is 8.33. The topological polar surface area (TPSA) is 64.6 Å². The quantitative estimate of drug-likeness (QED) is 0.692. The summed E-state index contributed by atoms with van der Waals surface area (Å²) in [4.78, 5) is 0.105. The zero-order chi connectivity index (χ0) is 16.7. The number of nitrogens with one attached hydrogen (secondary N) is 1. The number of halogens is 1. The van der Waals surface area contributed by atoms with Crippen LogP contribution in [0.4, 0.5) is 0 Å². The van der Waals surface area contributed by atoms with Crippen molar-refractivity contribution in [2.45, 2.75) is 11.8 Å². The molecule has 0 atom stereocenters. The molecular formula is C16H18BrNO4S. The average Bonchev–Trinajstić information content (AvgIpc) is 2.54. The van der Waals surface area contributed by atoms with Gasteiger partial charge in [0, 0.05) is 11.0 Å². The van der Waals surface area contributed by atoms with Crippen LogP contribution in [0.2, 0.25) is 0 Å². The summed E-state index contributed by atoms with van der Waals surface area (Å²) < 4.78 is 38.9. The molecule has 5 nitrogen and oxygen atoms in total. The standard InChI is InChI=1S/C16H18BrNO4S/c1-2-21-15-9-8-13(17)12-16(15)23(19,20)18-10-11-22-14-6-4-3-5-7-14/h3-9,12,18H,2,10-11H2,1H3. The van der Waals surface area contributed by atoms with Gasteiger partial charge in [-0.1, -0.05) is 34.1 Å². The van der Waals surface area contributed by atoms with Crippen LogP contribution in [0.5, 0.6) is 11.5 Å². The van der Waals surface area contributed by atoms with Gasteiger partial charge in [0.05, 0.1) is 6.61 Å². The Balaban J connectivity index is 2.00. The van der Waals surface area contributed by atoms with Gasteiger partial charge in [0.1, 0.15) is 23.0 Å². The smallest absolute Gasteiger partial charge is 0.244 e. The van der Waals surface area contributed by atoms with E-state index in [0.29, 0.717) is 22.6 Å². The number of para-hydroxylation sites is 1. The highest BCUT2D eigenvalue weighted by atomic mass is 79.9. The second-order valence-electron chi connectivity index (χ2n) is 4.58. The lowest BCUT2D eigenvalue weighted by Crippen LogP contribution is -2.28. The molecule has 2 rings (SSSR count). The summed E-state index contributed by atoms with van der Waals surface area (Å²) in [5.41, 5.74) is 0. The predicted octanol–water partition coefficient (Wildman–Crippen LogP) is 3.21. The maximum Gasteiger partial charge on any atom is 0.244 e. The monoisotopic (exact) mass is 399 g/mol. The fourth-order valence-electron chi connectivity index (χ4n) is 1.91. The van der Waals surface area contributed by atoms with Crippen molar-refractivity contribution in [2.75, 3.05) is 19.8 Å². The van der Waals surface area contributed by atoms with Crippen LogP contribution in [0.1, 0.15) is 6.92 Å². The summed E-state index contributed by atoms with van der Waals surface area (Å²) in [5.74, 6) is 1.02. The fourth-order valence-corrected chi connectivity index (χ4v) is 3.60. The molecule has 124 valence electrons. The Hall–Kier alpha value is -1.57. The van der Waals surface area contributed by atoms with E-state index < -0.39 is 10.0 Å². The van der Waals surface area contributed by atoms with E-state index in [1.54, 1.807) is 19.1 Å². The summed E-state index contributed by atoms with van der Waals surface area (Å²) in [6, 6.07) is 14.1. The molecule has 7 heteroatoms. The van der Waals surface area contributed by atoms with Crippen LogP contribution < -0.4 is 14.2 Å². The number of rotatable bonds is 8. The van der Waals surface area contributed by atoms with Crippen molar-refractivity contribution in [3.05, 3.63) is 53.0 Å². The molecule has 0 aliphatic heterocycles. The van der Waals surface area contributed by atoms with Crippen LogP contribution in [0.25, 0.3) is 0 Å². The first-order valence-electron chi connectivity index (χ1n) is 7.13. The molecule has 1 N–H and O–H groups in total. The summed E-state index contributed by atoms with van der Waals surface area (Å²) in [6.45, 7) is 2.59. The van der Waals surface area contributed by atoms with Crippen LogP contribution in [-0.2, 0) is 10.0 Å². The molecule has 0 aromatic heterocycles. The zero-order valence-corrected chi connectivity index (χ0v) is 15.1. The van der Waals surface area contributed by atoms with Gasteiger partial charge in [0.2, 0.25) is 10.0 Å². The lowest BCUT2D eigenvalue weighted by atomic mass is 10.3. The van der Waals surface area contributed by atoms with Crippen LogP contribution in [-0.4, -0.2) is 28.2 Å². The molecular weight excluding hydrogens is 382 g/mol. The van der Waals surface area contributed by atoms with Crippen LogP contribution in [0, 0.1) is 0 Å². The van der Waals surface area contributed by atoms with Gasteiger partial charge in [-0.3, -0.25) is 0 Å². The van der Waals surface area contributed by atoms with Gasteiger partial charge >= 0.3 is 0 Å². The summed E-state index contributed by atoms with van der Waals surface area (Å²) in [6.07, 6.45) is 0. The molecule has 0 unspecified atom stereocenters. The SMILES string of the molecule is CCOc1ccc(Br)cc1S(=O)(=O)NCCOc1ccccc1. The highest BCUT2D eigenvalue weighted by molar-refractivity contribution is 9.10. The third kappa shape index (κ3) is 5.23. The van der Waals surface area contributed by atoms with Crippen molar-refractivity contribution in [1.29, 1.82) is 0 Å². The molecule has 0 saturated heterocycles. The second-order valence-corrected chi connectivity index (χ2v) is 7.23. The van der Waals surface area contributed by atoms with Crippen molar-refractivity contribution in [1.82, 2.24) is 4.72 Å². The molecule has 0 aliphatic carbocycles. The Morgan fingerprint density at radius 2 is 1.83 bits per heavy atom. The van der Waals surface area contributed by atoms with Gasteiger partial charge in [0.15, 0.2) is 0 Å². The Morgan fingerprint density at radius 3 is 2.52 bits per heavy atom. The number of ether oxygens (including phenoxy) is 2. The van der Waals surface area contributed by atoms with Crippen molar-refractivity contribution in [3.63, 3.8) is 0 Å². The summed E-state index contributed by atoms with van der Waals surface area (Å²) in [7, 11) is -3.68. The van der Waals surface area contributed by atoms with E-state index in [4.69, 9.17) is 9.47 Å². The van der Waals surface area contributed by atoms with E-state index >= 15 is 0 Å². The minimum atomic E-state index is -3.68. The fraction of sp³-hybridized carbons (Fsp3) is 0.250. The molecule has 0 saturated carbocycles. The Morgan fingerprint density at radius 1 is 1.09 bits per heavy atom. The molecule has 0 heterocycles. The maximum atomic E-state index is 12.4. The van der Waals surface area contributed by atoms with Crippen molar-refractivity contribution >= 4 is 26.0 Å². The van der Waals surface area contributed by atoms with Crippen LogP contribution in [0.3, 0.4) is 0 Å². The molecule has 0 radical (unpaired) electrons. The molecule has 0 bridgehead atoms. The third-order valence-corrected chi connectivity index (χ3v) is 4.88. The highest BCUT2D eigenvalue weighted by Gasteiger charge is 2.19. The van der Waals surface area contributed by atoms with Crippen LogP contribution in [0.15, 0.2) is 57.9 Å². The van der Waals surface area contributed by atoms with E-state index in [1.165, 1.54) is 6.07 Å². The minimum absolute atomic E-state index is 0.105. The minimum Gasteiger partial charge on any atom is -0.492 e. The van der Waals surface area contributed by atoms with E-state index in [-0.39, 0.29) is 18.0 Å². The molecule has 0 aliphatic rings. The van der Waals surface area contributed by atoms with Crippen molar-refractivity contribution < 1.29 is 17.9 Å². The van der Waals surface area contributed by atoms with E-state index in [9.17, 15) is 8.42 Å². The third-order valence-electron chi connectivity index (χ3n) is 2.90.